The summed E-state index contributed by atoms with van der Waals surface area (Å²) in [5, 5.41) is 18.5. The molecule has 0 saturated heterocycles. The average molecular weight is 302 g/mol. The van der Waals surface area contributed by atoms with E-state index in [-0.39, 0.29) is 22.6 Å². The summed E-state index contributed by atoms with van der Waals surface area (Å²) in [5.74, 6) is -1.97. The Morgan fingerprint density at radius 1 is 0.773 bits per heavy atom. The van der Waals surface area contributed by atoms with Crippen molar-refractivity contribution in [1.29, 1.82) is 0 Å². The number of carbonyl (C=O) groups is 2. The van der Waals surface area contributed by atoms with Crippen LogP contribution in [0.2, 0.25) is 0 Å². The quantitative estimate of drug-likeness (QED) is 0.882. The summed E-state index contributed by atoms with van der Waals surface area (Å²) >= 11 is 0. The first-order valence-electron chi connectivity index (χ1n) is 6.32. The fraction of sp³-hybridized carbons (Fsp3) is 0.125. The van der Waals surface area contributed by atoms with E-state index in [1.165, 1.54) is 26.4 Å². The molecular weight excluding hydrogens is 288 g/mol. The number of hydrogen-bond acceptors (Lipinski definition) is 4. The lowest BCUT2D eigenvalue weighted by atomic mass is 9.98. The normalized spacial score (nSPS) is 10.1. The number of hydrogen-bond donors (Lipinski definition) is 2. The van der Waals surface area contributed by atoms with Crippen LogP contribution in [0.1, 0.15) is 20.7 Å². The summed E-state index contributed by atoms with van der Waals surface area (Å²) < 4.78 is 10.4. The SMILES string of the molecule is COc1c(C(=O)O)cccc1-c1cccc(C(=O)O)c1OC. The number of benzene rings is 2. The maximum absolute atomic E-state index is 11.3. The number of para-hydroxylation sites is 2. The van der Waals surface area contributed by atoms with Gasteiger partial charge < -0.3 is 19.7 Å². The minimum atomic E-state index is -1.13. The molecule has 0 unspecified atom stereocenters. The monoisotopic (exact) mass is 302 g/mol. The van der Waals surface area contributed by atoms with Crippen molar-refractivity contribution in [3.05, 3.63) is 47.5 Å². The topological polar surface area (TPSA) is 93.1 Å². The fourth-order valence-electron chi connectivity index (χ4n) is 2.27. The summed E-state index contributed by atoms with van der Waals surface area (Å²) in [6.45, 7) is 0. The lowest BCUT2D eigenvalue weighted by molar-refractivity contribution is 0.0682. The highest BCUT2D eigenvalue weighted by atomic mass is 16.5. The predicted octanol–water partition coefficient (Wildman–Crippen LogP) is 2.77. The van der Waals surface area contributed by atoms with Crippen molar-refractivity contribution in [3.63, 3.8) is 0 Å². The Kier molecular flexibility index (Phi) is 4.31. The van der Waals surface area contributed by atoms with Crippen molar-refractivity contribution < 1.29 is 29.3 Å². The van der Waals surface area contributed by atoms with E-state index in [0.29, 0.717) is 11.1 Å². The van der Waals surface area contributed by atoms with E-state index in [2.05, 4.69) is 0 Å². The lowest BCUT2D eigenvalue weighted by Crippen LogP contribution is -2.04. The molecule has 0 spiro atoms. The van der Waals surface area contributed by atoms with Gasteiger partial charge in [0, 0.05) is 11.1 Å². The van der Waals surface area contributed by atoms with E-state index in [4.69, 9.17) is 9.47 Å². The molecule has 2 aromatic rings. The largest absolute Gasteiger partial charge is 0.495 e. The van der Waals surface area contributed by atoms with Gasteiger partial charge in [-0.3, -0.25) is 0 Å². The molecule has 2 aromatic carbocycles. The zero-order valence-corrected chi connectivity index (χ0v) is 12.0. The first-order valence-corrected chi connectivity index (χ1v) is 6.32. The van der Waals surface area contributed by atoms with Gasteiger partial charge in [0.25, 0.3) is 0 Å². The van der Waals surface area contributed by atoms with Gasteiger partial charge in [-0.25, -0.2) is 9.59 Å². The molecular formula is C16H14O6. The van der Waals surface area contributed by atoms with E-state index in [1.807, 2.05) is 0 Å². The highest BCUT2D eigenvalue weighted by molar-refractivity contribution is 5.98. The van der Waals surface area contributed by atoms with Crippen LogP contribution in [0.3, 0.4) is 0 Å². The third kappa shape index (κ3) is 2.58. The number of rotatable bonds is 5. The Hall–Kier alpha value is -3.02. The van der Waals surface area contributed by atoms with Gasteiger partial charge in [0.1, 0.15) is 22.6 Å². The van der Waals surface area contributed by atoms with Gasteiger partial charge in [0.15, 0.2) is 0 Å². The van der Waals surface area contributed by atoms with Crippen LogP contribution in [0.15, 0.2) is 36.4 Å². The van der Waals surface area contributed by atoms with Crippen molar-refractivity contribution in [2.24, 2.45) is 0 Å². The zero-order valence-electron chi connectivity index (χ0n) is 12.0. The lowest BCUT2D eigenvalue weighted by Gasteiger charge is -2.15. The van der Waals surface area contributed by atoms with Crippen LogP contribution in [-0.2, 0) is 0 Å². The molecule has 22 heavy (non-hydrogen) atoms. The van der Waals surface area contributed by atoms with E-state index in [1.54, 1.807) is 24.3 Å². The number of carboxylic acids is 2. The first-order chi connectivity index (χ1) is 10.5. The molecule has 114 valence electrons. The van der Waals surface area contributed by atoms with Crippen molar-refractivity contribution >= 4 is 11.9 Å². The van der Waals surface area contributed by atoms with Crippen LogP contribution in [-0.4, -0.2) is 36.4 Å². The molecule has 0 saturated carbocycles. The molecule has 0 aliphatic heterocycles. The number of ether oxygens (including phenoxy) is 2. The average Bonchev–Trinajstić information content (AvgIpc) is 2.52. The van der Waals surface area contributed by atoms with E-state index in [9.17, 15) is 19.8 Å². The second-order valence-corrected chi connectivity index (χ2v) is 4.38. The highest BCUT2D eigenvalue weighted by Gasteiger charge is 2.21. The molecule has 6 heteroatoms. The smallest absolute Gasteiger partial charge is 0.339 e. The third-order valence-corrected chi connectivity index (χ3v) is 3.19. The zero-order chi connectivity index (χ0) is 16.3. The molecule has 0 aliphatic carbocycles. The molecule has 0 aliphatic rings. The first kappa shape index (κ1) is 15.4. The Bertz CT molecular complexity index is 672. The van der Waals surface area contributed by atoms with Crippen LogP contribution in [0.25, 0.3) is 11.1 Å². The second-order valence-electron chi connectivity index (χ2n) is 4.38. The molecule has 0 radical (unpaired) electrons. The molecule has 0 aromatic heterocycles. The summed E-state index contributed by atoms with van der Waals surface area (Å²) in [7, 11) is 2.72. The van der Waals surface area contributed by atoms with Gasteiger partial charge in [-0.15, -0.1) is 0 Å². The summed E-state index contributed by atoms with van der Waals surface area (Å²) in [6, 6.07) is 9.25. The predicted molar refractivity (Wildman–Crippen MR) is 78.9 cm³/mol. The van der Waals surface area contributed by atoms with Gasteiger partial charge in [0.2, 0.25) is 0 Å². The van der Waals surface area contributed by atoms with Crippen LogP contribution >= 0.6 is 0 Å². The Balaban J connectivity index is 2.77. The van der Waals surface area contributed by atoms with E-state index >= 15 is 0 Å². The fourth-order valence-corrected chi connectivity index (χ4v) is 2.27. The van der Waals surface area contributed by atoms with Crippen LogP contribution in [0.4, 0.5) is 0 Å². The Morgan fingerprint density at radius 2 is 1.14 bits per heavy atom. The van der Waals surface area contributed by atoms with Crippen LogP contribution < -0.4 is 9.47 Å². The molecule has 0 bridgehead atoms. The highest BCUT2D eigenvalue weighted by Crippen LogP contribution is 2.39. The van der Waals surface area contributed by atoms with Crippen molar-refractivity contribution in [2.45, 2.75) is 0 Å². The Labute approximate surface area is 126 Å². The molecule has 2 rings (SSSR count). The minimum Gasteiger partial charge on any atom is -0.495 e. The van der Waals surface area contributed by atoms with Gasteiger partial charge in [-0.1, -0.05) is 24.3 Å². The van der Waals surface area contributed by atoms with Gasteiger partial charge in [-0.05, 0) is 12.1 Å². The second kappa shape index (κ2) is 6.17. The number of carboxylic acid groups (broad SMARTS) is 2. The van der Waals surface area contributed by atoms with Gasteiger partial charge in [0.05, 0.1) is 14.2 Å². The molecule has 2 N–H and O–H groups in total. The maximum Gasteiger partial charge on any atom is 0.339 e. The molecule has 0 heterocycles. The summed E-state index contributed by atoms with van der Waals surface area (Å²) in [5.41, 5.74) is 0.871. The maximum atomic E-state index is 11.3. The Morgan fingerprint density at radius 3 is 1.41 bits per heavy atom. The molecule has 6 nitrogen and oxygen atoms in total. The summed E-state index contributed by atoms with van der Waals surface area (Å²) in [4.78, 5) is 22.6. The van der Waals surface area contributed by atoms with Crippen LogP contribution in [0.5, 0.6) is 11.5 Å². The molecule has 0 atom stereocenters. The third-order valence-electron chi connectivity index (χ3n) is 3.19. The molecule has 0 amide bonds. The van der Waals surface area contributed by atoms with Crippen LogP contribution in [0, 0.1) is 0 Å². The van der Waals surface area contributed by atoms with Crippen molar-refractivity contribution in [3.8, 4) is 22.6 Å². The summed E-state index contributed by atoms with van der Waals surface area (Å²) in [6.07, 6.45) is 0. The van der Waals surface area contributed by atoms with Gasteiger partial charge >= 0.3 is 11.9 Å². The number of aromatic carboxylic acids is 2. The van der Waals surface area contributed by atoms with E-state index < -0.39 is 11.9 Å². The van der Waals surface area contributed by atoms with Crippen molar-refractivity contribution in [1.82, 2.24) is 0 Å². The standard InChI is InChI=1S/C16H14O6/c1-21-13-9(5-3-7-11(13)15(17)18)10-6-4-8-12(16(19)20)14(10)22-2/h3-8H,1-2H3,(H,17,18)(H,19,20). The molecule has 0 fully saturated rings. The van der Waals surface area contributed by atoms with E-state index in [0.717, 1.165) is 0 Å². The number of methoxy groups -OCH3 is 2. The van der Waals surface area contributed by atoms with Crippen molar-refractivity contribution in [2.75, 3.05) is 14.2 Å². The van der Waals surface area contributed by atoms with Gasteiger partial charge in [-0.2, -0.15) is 0 Å². The minimum absolute atomic E-state index is 0.0113.